The van der Waals surface area contributed by atoms with Gasteiger partial charge in [0.05, 0.1) is 18.1 Å². The van der Waals surface area contributed by atoms with Gasteiger partial charge in [0.15, 0.2) is 0 Å². The molecule has 2 heterocycles. The molecule has 0 spiro atoms. The van der Waals surface area contributed by atoms with Crippen molar-refractivity contribution in [1.29, 1.82) is 0 Å². The summed E-state index contributed by atoms with van der Waals surface area (Å²) in [4.78, 5) is 2.33. The van der Waals surface area contributed by atoms with Crippen molar-refractivity contribution in [3.05, 3.63) is 48.0 Å². The number of aryl methyl sites for hydroxylation is 1. The highest BCUT2D eigenvalue weighted by Crippen LogP contribution is 2.38. The maximum atomic E-state index is 12.6. The van der Waals surface area contributed by atoms with Crippen LogP contribution in [0.1, 0.15) is 24.8 Å². The maximum Gasteiger partial charge on any atom is 0.244 e. The summed E-state index contributed by atoms with van der Waals surface area (Å²) < 4.78 is 58.5. The fraction of sp³-hybridized carbons (Fsp3) is 0.400. The number of anilines is 1. The SMILES string of the molecule is CS(=O)(=O)NCCCc1ccc(Oc2ccc3c(c2)S(=O)(=O)NC2CCCN32)cc1. The highest BCUT2D eigenvalue weighted by Gasteiger charge is 2.37. The van der Waals surface area contributed by atoms with Crippen LogP contribution in [-0.2, 0) is 26.5 Å². The zero-order valence-corrected chi connectivity index (χ0v) is 18.3. The third-order valence-electron chi connectivity index (χ3n) is 5.24. The van der Waals surface area contributed by atoms with E-state index in [1.165, 1.54) is 0 Å². The van der Waals surface area contributed by atoms with E-state index in [0.717, 1.165) is 43.3 Å². The molecule has 0 aromatic heterocycles. The van der Waals surface area contributed by atoms with Crippen LogP contribution in [0.2, 0.25) is 0 Å². The number of sulfonamides is 2. The van der Waals surface area contributed by atoms with Gasteiger partial charge in [-0.05, 0) is 55.5 Å². The fourth-order valence-electron chi connectivity index (χ4n) is 3.84. The van der Waals surface area contributed by atoms with Crippen LogP contribution in [0.5, 0.6) is 11.5 Å². The van der Waals surface area contributed by atoms with Crippen molar-refractivity contribution < 1.29 is 21.6 Å². The molecule has 1 atom stereocenters. The van der Waals surface area contributed by atoms with E-state index in [9.17, 15) is 16.8 Å². The van der Waals surface area contributed by atoms with Gasteiger partial charge in [-0.25, -0.2) is 21.6 Å². The Kier molecular flexibility index (Phi) is 5.75. The molecule has 1 saturated heterocycles. The fourth-order valence-corrected chi connectivity index (χ4v) is 5.82. The van der Waals surface area contributed by atoms with Crippen LogP contribution >= 0.6 is 0 Å². The van der Waals surface area contributed by atoms with Gasteiger partial charge in [0.2, 0.25) is 20.0 Å². The number of ether oxygens (including phenoxy) is 1. The number of benzene rings is 2. The van der Waals surface area contributed by atoms with Gasteiger partial charge in [0, 0.05) is 19.2 Å². The van der Waals surface area contributed by atoms with Gasteiger partial charge in [0.25, 0.3) is 0 Å². The summed E-state index contributed by atoms with van der Waals surface area (Å²) >= 11 is 0. The van der Waals surface area contributed by atoms with Crippen LogP contribution in [0.3, 0.4) is 0 Å². The van der Waals surface area contributed by atoms with Crippen LogP contribution in [0.25, 0.3) is 0 Å². The Hall–Kier alpha value is -2.14. The van der Waals surface area contributed by atoms with E-state index < -0.39 is 20.0 Å². The van der Waals surface area contributed by atoms with E-state index in [4.69, 9.17) is 4.74 Å². The molecule has 0 saturated carbocycles. The van der Waals surface area contributed by atoms with E-state index in [1.807, 2.05) is 30.3 Å². The molecule has 162 valence electrons. The van der Waals surface area contributed by atoms with Crippen molar-refractivity contribution in [2.75, 3.05) is 24.2 Å². The van der Waals surface area contributed by atoms with Crippen molar-refractivity contribution in [3.8, 4) is 11.5 Å². The molecule has 0 bridgehead atoms. The molecule has 2 aliphatic heterocycles. The number of nitrogens with zero attached hydrogens (tertiary/aromatic N) is 1. The molecule has 2 N–H and O–H groups in total. The molecule has 10 heteroatoms. The lowest BCUT2D eigenvalue weighted by molar-refractivity contribution is 0.478. The van der Waals surface area contributed by atoms with Gasteiger partial charge in [-0.15, -0.1) is 0 Å². The first-order chi connectivity index (χ1) is 14.2. The molecular formula is C20H25N3O5S2. The number of hydrogen-bond donors (Lipinski definition) is 2. The first-order valence-corrected chi connectivity index (χ1v) is 13.2. The number of hydrogen-bond acceptors (Lipinski definition) is 6. The molecule has 0 radical (unpaired) electrons. The lowest BCUT2D eigenvalue weighted by Gasteiger charge is -2.33. The second-order valence-electron chi connectivity index (χ2n) is 7.62. The second kappa shape index (κ2) is 8.18. The predicted molar refractivity (Wildman–Crippen MR) is 115 cm³/mol. The van der Waals surface area contributed by atoms with Crippen LogP contribution in [-0.4, -0.2) is 42.3 Å². The molecule has 1 unspecified atom stereocenters. The summed E-state index contributed by atoms with van der Waals surface area (Å²) in [5.74, 6) is 1.06. The van der Waals surface area contributed by atoms with E-state index in [2.05, 4.69) is 14.3 Å². The average Bonchev–Trinajstić information content (AvgIpc) is 3.13. The van der Waals surface area contributed by atoms with Crippen molar-refractivity contribution in [3.63, 3.8) is 0 Å². The average molecular weight is 452 g/mol. The largest absolute Gasteiger partial charge is 0.457 e. The molecule has 2 aliphatic rings. The summed E-state index contributed by atoms with van der Waals surface area (Å²) in [7, 11) is -6.72. The highest BCUT2D eigenvalue weighted by molar-refractivity contribution is 7.89. The number of nitrogens with one attached hydrogen (secondary N) is 2. The Morgan fingerprint density at radius 2 is 1.90 bits per heavy atom. The number of rotatable bonds is 7. The summed E-state index contributed by atoms with van der Waals surface area (Å²) in [6, 6.07) is 12.6. The van der Waals surface area contributed by atoms with Crippen LogP contribution < -0.4 is 19.1 Å². The Balaban J connectivity index is 1.43. The molecule has 4 rings (SSSR count). The van der Waals surface area contributed by atoms with Gasteiger partial charge in [-0.3, -0.25) is 0 Å². The quantitative estimate of drug-likeness (QED) is 0.625. The van der Waals surface area contributed by atoms with E-state index in [-0.39, 0.29) is 11.1 Å². The lowest BCUT2D eigenvalue weighted by Crippen LogP contribution is -2.48. The van der Waals surface area contributed by atoms with Crippen LogP contribution in [0.15, 0.2) is 47.4 Å². The minimum atomic E-state index is -3.56. The molecule has 1 fully saturated rings. The first-order valence-electron chi connectivity index (χ1n) is 9.86. The molecule has 0 aliphatic carbocycles. The smallest absolute Gasteiger partial charge is 0.244 e. The van der Waals surface area contributed by atoms with Crippen molar-refractivity contribution in [1.82, 2.24) is 9.44 Å². The predicted octanol–water partition coefficient (Wildman–Crippen LogP) is 2.18. The number of fused-ring (bicyclic) bond motifs is 3. The van der Waals surface area contributed by atoms with Crippen molar-refractivity contribution in [2.24, 2.45) is 0 Å². The Labute approximate surface area is 177 Å². The summed E-state index contributed by atoms with van der Waals surface area (Å²) in [5.41, 5.74) is 1.79. The summed E-state index contributed by atoms with van der Waals surface area (Å²) in [6.07, 6.45) is 4.19. The topological polar surface area (TPSA) is 105 Å². The van der Waals surface area contributed by atoms with Gasteiger partial charge in [0.1, 0.15) is 16.4 Å². The standard InChI is InChI=1S/C20H25N3O5S2/c1-29(24,25)21-12-2-4-15-6-8-16(9-7-15)28-17-10-11-18-19(14-17)30(26,27)22-20-5-3-13-23(18)20/h6-11,14,20-22H,2-5,12-13H2,1H3. The zero-order chi connectivity index (χ0) is 21.4. The van der Waals surface area contributed by atoms with E-state index in [0.29, 0.717) is 24.5 Å². The third-order valence-corrected chi connectivity index (χ3v) is 7.46. The molecule has 8 nitrogen and oxygen atoms in total. The Bertz CT molecular complexity index is 1130. The Morgan fingerprint density at radius 1 is 1.17 bits per heavy atom. The summed E-state index contributed by atoms with van der Waals surface area (Å²) in [6.45, 7) is 1.23. The first kappa shape index (κ1) is 21.1. The Morgan fingerprint density at radius 3 is 2.63 bits per heavy atom. The van der Waals surface area contributed by atoms with Gasteiger partial charge in [-0.2, -0.15) is 4.72 Å². The third kappa shape index (κ3) is 4.77. The normalized spacial score (nSPS) is 19.9. The molecule has 30 heavy (non-hydrogen) atoms. The molecular weight excluding hydrogens is 426 g/mol. The monoisotopic (exact) mass is 451 g/mol. The molecule has 2 aromatic rings. The highest BCUT2D eigenvalue weighted by atomic mass is 32.2. The minimum Gasteiger partial charge on any atom is -0.457 e. The van der Waals surface area contributed by atoms with Gasteiger partial charge in [-0.1, -0.05) is 12.1 Å². The summed E-state index contributed by atoms with van der Waals surface area (Å²) in [5, 5.41) is 0. The van der Waals surface area contributed by atoms with Crippen LogP contribution in [0, 0.1) is 0 Å². The minimum absolute atomic E-state index is 0.158. The molecule has 2 aromatic carbocycles. The lowest BCUT2D eigenvalue weighted by atomic mass is 10.1. The zero-order valence-electron chi connectivity index (χ0n) is 16.7. The van der Waals surface area contributed by atoms with E-state index in [1.54, 1.807) is 12.1 Å². The van der Waals surface area contributed by atoms with Gasteiger partial charge >= 0.3 is 0 Å². The maximum absolute atomic E-state index is 12.6. The molecule has 0 amide bonds. The van der Waals surface area contributed by atoms with Crippen molar-refractivity contribution in [2.45, 2.75) is 36.7 Å². The van der Waals surface area contributed by atoms with Gasteiger partial charge < -0.3 is 9.64 Å². The second-order valence-corrected chi connectivity index (χ2v) is 11.1. The van der Waals surface area contributed by atoms with Crippen molar-refractivity contribution >= 4 is 25.7 Å². The van der Waals surface area contributed by atoms with E-state index >= 15 is 0 Å². The van der Waals surface area contributed by atoms with Crippen LogP contribution in [0.4, 0.5) is 5.69 Å².